The van der Waals surface area contributed by atoms with Crippen LogP contribution in [0.15, 0.2) is 0 Å². The zero-order chi connectivity index (χ0) is 16.8. The Balaban J connectivity index is 6.14. The highest BCUT2D eigenvalue weighted by Crippen LogP contribution is 1.97. The number of rotatable bonds is 4. The summed E-state index contributed by atoms with van der Waals surface area (Å²) in [6, 6.07) is 0. The zero-order valence-electron chi connectivity index (χ0n) is 14.9. The summed E-state index contributed by atoms with van der Waals surface area (Å²) in [5, 5.41) is 20.1. The van der Waals surface area contributed by atoms with Crippen LogP contribution < -0.4 is 5.11 Å². The molecule has 0 amide bonds. The van der Waals surface area contributed by atoms with E-state index in [0.717, 1.165) is 0 Å². The molecular formula is C7H15NO3. The Morgan fingerprint density at radius 2 is 2.55 bits per heavy atom. The fourth-order valence-electron chi connectivity index (χ4n) is 0.434. The van der Waals surface area contributed by atoms with Gasteiger partial charge in [-0.15, -0.1) is 0 Å². The van der Waals surface area contributed by atoms with Gasteiger partial charge in [0, 0.05) is 12.4 Å². The number of carbonyl (C=O) groups excluding carboxylic acids is 1. The van der Waals surface area contributed by atoms with Crippen LogP contribution in [0.2, 0.25) is 0 Å². The first-order chi connectivity index (χ1) is 8.42. The molecule has 0 aromatic rings. The minimum atomic E-state index is -3.64. The molecule has 0 fully saturated rings. The standard InChI is InChI=1S/C7H15NO3/c1-8(2,3)5-6(9)4-7(10)11/h6,9H,4-5H2,1-3H3/i1D3,2D3,5D2,6D. The summed E-state index contributed by atoms with van der Waals surface area (Å²) in [5.41, 5.74) is 0. The van der Waals surface area contributed by atoms with E-state index in [2.05, 4.69) is 0 Å². The molecule has 4 heteroatoms. The van der Waals surface area contributed by atoms with E-state index in [0.29, 0.717) is 7.05 Å². The summed E-state index contributed by atoms with van der Waals surface area (Å²) in [6.07, 6.45) is -5.09. The van der Waals surface area contributed by atoms with Crippen molar-refractivity contribution in [2.24, 2.45) is 0 Å². The van der Waals surface area contributed by atoms with Crippen LogP contribution in [-0.2, 0) is 4.79 Å². The second kappa shape index (κ2) is 3.69. The molecule has 0 saturated carbocycles. The van der Waals surface area contributed by atoms with Crippen LogP contribution in [0.25, 0.3) is 0 Å². The monoisotopic (exact) mass is 170 g/mol. The number of hydrogen-bond donors (Lipinski definition) is 1. The maximum Gasteiger partial charge on any atom is 0.108 e. The molecule has 0 heterocycles. The first kappa shape index (κ1) is 2.71. The smallest absolute Gasteiger partial charge is 0.108 e. The van der Waals surface area contributed by atoms with Crippen molar-refractivity contribution in [3.05, 3.63) is 0 Å². The maximum absolute atomic E-state index is 10.4. The molecule has 0 radical (unpaired) electrons. The van der Waals surface area contributed by atoms with Gasteiger partial charge in [-0.1, -0.05) is 0 Å². The van der Waals surface area contributed by atoms with Crippen molar-refractivity contribution in [2.75, 3.05) is 27.5 Å². The fourth-order valence-corrected chi connectivity index (χ4v) is 0.434. The number of likely N-dealkylation sites (N-methyl/N-ethyl adjacent to an activating group) is 1. The summed E-state index contributed by atoms with van der Waals surface area (Å²) < 4.78 is 63.4. The van der Waals surface area contributed by atoms with Crippen LogP contribution >= 0.6 is 0 Å². The van der Waals surface area contributed by atoms with Crippen LogP contribution in [0.4, 0.5) is 0 Å². The third kappa shape index (κ3) is 7.29. The van der Waals surface area contributed by atoms with E-state index >= 15 is 0 Å². The number of aliphatic carboxylic acids is 1. The van der Waals surface area contributed by atoms with Crippen molar-refractivity contribution in [3.63, 3.8) is 0 Å². The van der Waals surface area contributed by atoms with Gasteiger partial charge < -0.3 is 19.5 Å². The summed E-state index contributed by atoms with van der Waals surface area (Å²) >= 11 is 0. The van der Waals surface area contributed by atoms with Crippen LogP contribution in [-0.4, -0.2) is 49.1 Å². The Hall–Kier alpha value is -0.610. The van der Waals surface area contributed by atoms with Crippen LogP contribution in [0.5, 0.6) is 0 Å². The van der Waals surface area contributed by atoms with Crippen molar-refractivity contribution < 1.29 is 31.8 Å². The number of quaternary nitrogens is 1. The Labute approximate surface area is 79.3 Å². The van der Waals surface area contributed by atoms with Crippen LogP contribution in [0.1, 0.15) is 18.8 Å². The van der Waals surface area contributed by atoms with Crippen molar-refractivity contribution in [1.82, 2.24) is 0 Å². The summed E-state index contributed by atoms with van der Waals surface area (Å²) in [6.45, 7) is -10.6. The lowest BCUT2D eigenvalue weighted by molar-refractivity contribution is -0.873. The summed E-state index contributed by atoms with van der Waals surface area (Å²) in [7, 11) is 0.467. The number of hydrogen-bond acceptors (Lipinski definition) is 3. The van der Waals surface area contributed by atoms with Gasteiger partial charge >= 0.3 is 0 Å². The zero-order valence-corrected chi connectivity index (χ0v) is 5.92. The molecule has 0 aromatic carbocycles. The minimum absolute atomic E-state index is 0.467. The molecule has 0 aliphatic heterocycles. The number of aliphatic hydroxyl groups is 1. The lowest BCUT2D eigenvalue weighted by Crippen LogP contribution is -2.43. The molecule has 66 valence electrons. The van der Waals surface area contributed by atoms with E-state index < -0.39 is 43.4 Å². The van der Waals surface area contributed by atoms with Gasteiger partial charge in [-0.05, 0) is 0 Å². The molecule has 0 bridgehead atoms. The average Bonchev–Trinajstić information content (AvgIpc) is 2.09. The predicted octanol–water partition coefficient (Wildman–Crippen LogP) is -1.81. The van der Waals surface area contributed by atoms with Crippen molar-refractivity contribution >= 4 is 5.97 Å². The normalized spacial score (nSPS) is 33.1. The first-order valence-corrected chi connectivity index (χ1v) is 2.71. The Kier molecular flexibility index (Phi) is 0.908. The summed E-state index contributed by atoms with van der Waals surface area (Å²) in [4.78, 5) is 10.4. The second-order valence-electron chi connectivity index (χ2n) is 2.11. The molecule has 0 aliphatic carbocycles. The lowest BCUT2D eigenvalue weighted by Gasteiger charge is -2.26. The minimum Gasteiger partial charge on any atom is -0.550 e. The van der Waals surface area contributed by atoms with Crippen LogP contribution in [0, 0.1) is 0 Å². The van der Waals surface area contributed by atoms with Gasteiger partial charge in [0.25, 0.3) is 0 Å². The van der Waals surface area contributed by atoms with E-state index in [1.54, 1.807) is 0 Å². The van der Waals surface area contributed by atoms with E-state index in [1.807, 2.05) is 0 Å². The third-order valence-electron chi connectivity index (χ3n) is 0.664. The van der Waals surface area contributed by atoms with Gasteiger partial charge in [0.15, 0.2) is 0 Å². The van der Waals surface area contributed by atoms with Gasteiger partial charge in [-0.3, -0.25) is 0 Å². The van der Waals surface area contributed by atoms with Crippen molar-refractivity contribution in [1.29, 1.82) is 0 Å². The molecule has 1 N–H and O–H groups in total. The van der Waals surface area contributed by atoms with Gasteiger partial charge in [0.2, 0.25) is 0 Å². The number of carbonyl (C=O) groups is 1. The van der Waals surface area contributed by atoms with E-state index in [1.165, 1.54) is 0 Å². The highest BCUT2D eigenvalue weighted by Gasteiger charge is 2.14. The second-order valence-corrected chi connectivity index (χ2v) is 2.11. The number of carboxylic acid groups (broad SMARTS) is 1. The number of carboxylic acids is 1. The van der Waals surface area contributed by atoms with Gasteiger partial charge in [-0.25, -0.2) is 0 Å². The van der Waals surface area contributed by atoms with Crippen molar-refractivity contribution in [2.45, 2.75) is 12.5 Å². The van der Waals surface area contributed by atoms with E-state index in [9.17, 15) is 15.0 Å². The molecule has 0 saturated heterocycles. The number of nitrogens with zero attached hydrogens (tertiary/aromatic N) is 1. The topological polar surface area (TPSA) is 60.4 Å². The third-order valence-corrected chi connectivity index (χ3v) is 0.664. The highest BCUT2D eigenvalue weighted by molar-refractivity contribution is 5.64. The molecule has 0 aliphatic rings. The lowest BCUT2D eigenvalue weighted by atomic mass is 10.2. The van der Waals surface area contributed by atoms with E-state index in [4.69, 9.17) is 12.3 Å². The van der Waals surface area contributed by atoms with Gasteiger partial charge in [0.1, 0.15) is 12.6 Å². The highest BCUT2D eigenvalue weighted by atomic mass is 16.4. The predicted molar refractivity (Wildman–Crippen MR) is 38.5 cm³/mol. The van der Waals surface area contributed by atoms with Gasteiger partial charge in [-0.2, -0.15) is 0 Å². The van der Waals surface area contributed by atoms with Crippen molar-refractivity contribution in [3.8, 4) is 0 Å². The molecule has 1 unspecified atom stereocenters. The van der Waals surface area contributed by atoms with Crippen LogP contribution in [0.3, 0.4) is 0 Å². The fraction of sp³-hybridized carbons (Fsp3) is 0.857. The van der Waals surface area contributed by atoms with E-state index in [-0.39, 0.29) is 0 Å². The molecule has 0 aromatic heterocycles. The Morgan fingerprint density at radius 1 is 2.00 bits per heavy atom. The molecule has 1 atom stereocenters. The maximum atomic E-state index is 10.4. The molecule has 4 nitrogen and oxygen atoms in total. The van der Waals surface area contributed by atoms with Gasteiger partial charge in [0.05, 0.1) is 33.3 Å². The quantitative estimate of drug-likeness (QED) is 0.506. The molecular weight excluding hydrogens is 146 g/mol. The Morgan fingerprint density at radius 3 is 2.91 bits per heavy atom. The molecule has 11 heavy (non-hydrogen) atoms. The SMILES string of the molecule is [2H]C(O)(CC(=O)[O-])C([2H])([2H])[N+](C)(C([2H])([2H])[2H])C([2H])([2H])[2H]. The largest absolute Gasteiger partial charge is 0.550 e. The average molecular weight is 170 g/mol. The molecule has 0 spiro atoms. The summed E-state index contributed by atoms with van der Waals surface area (Å²) in [5.74, 6) is -2.02. The Bertz CT molecular complexity index is 372. The molecule has 0 rings (SSSR count). The first-order valence-electron chi connectivity index (χ1n) is 7.21.